The topological polar surface area (TPSA) is 62.5 Å². The van der Waals surface area contributed by atoms with Gasteiger partial charge in [-0.1, -0.05) is 17.7 Å². The maximum atomic E-state index is 12.1. The van der Waals surface area contributed by atoms with Crippen LogP contribution in [-0.4, -0.2) is 30.7 Å². The molecule has 1 aromatic carbocycles. The zero-order chi connectivity index (χ0) is 17.6. The van der Waals surface area contributed by atoms with Crippen LogP contribution in [0.25, 0.3) is 11.5 Å². The molecule has 130 valence electrons. The van der Waals surface area contributed by atoms with Crippen LogP contribution < -0.4 is 10.6 Å². The molecule has 0 fully saturated rings. The Morgan fingerprint density at radius 1 is 1.21 bits per heavy atom. The summed E-state index contributed by atoms with van der Waals surface area (Å²) in [6, 6.07) is 7.75. The van der Waals surface area contributed by atoms with Gasteiger partial charge in [0, 0.05) is 19.2 Å². The molecule has 0 bridgehead atoms. The van der Waals surface area contributed by atoms with E-state index < -0.39 is 12.6 Å². The lowest BCUT2D eigenvalue weighted by Gasteiger charge is -2.11. The molecule has 8 heteroatoms. The summed E-state index contributed by atoms with van der Waals surface area (Å²) in [6.07, 6.45) is -3.61. The van der Waals surface area contributed by atoms with Gasteiger partial charge in [-0.25, -0.2) is 4.98 Å². The normalized spacial score (nSPS) is 12.3. The Bertz CT molecular complexity index is 677. The average Bonchev–Trinajstić information content (AvgIpc) is 2.99. The lowest BCUT2D eigenvalue weighted by Crippen LogP contribution is -2.38. The van der Waals surface area contributed by atoms with Crippen molar-refractivity contribution in [2.24, 2.45) is 4.99 Å². The predicted octanol–water partition coefficient (Wildman–Crippen LogP) is 3.27. The van der Waals surface area contributed by atoms with Gasteiger partial charge in [-0.2, -0.15) is 13.2 Å². The Labute approximate surface area is 138 Å². The van der Waals surface area contributed by atoms with Gasteiger partial charge in [0.2, 0.25) is 5.89 Å². The molecule has 0 aliphatic rings. The molecule has 0 amide bonds. The maximum absolute atomic E-state index is 12.1. The van der Waals surface area contributed by atoms with Crippen molar-refractivity contribution in [3.63, 3.8) is 0 Å². The Morgan fingerprint density at radius 3 is 2.54 bits per heavy atom. The van der Waals surface area contributed by atoms with Gasteiger partial charge in [0.05, 0.1) is 18.7 Å². The number of oxazole rings is 1. The molecule has 0 aliphatic carbocycles. The molecule has 0 aliphatic heterocycles. The summed E-state index contributed by atoms with van der Waals surface area (Å²) in [6.45, 7) is 2.05. The fourth-order valence-electron chi connectivity index (χ4n) is 1.93. The van der Waals surface area contributed by atoms with Crippen molar-refractivity contribution in [2.45, 2.75) is 26.1 Å². The molecular weight excluding hydrogens is 321 g/mol. The molecule has 1 heterocycles. The van der Waals surface area contributed by atoms with E-state index in [9.17, 15) is 13.2 Å². The number of guanidine groups is 1. The highest BCUT2D eigenvalue weighted by Crippen LogP contribution is 2.19. The summed E-state index contributed by atoms with van der Waals surface area (Å²) in [5.74, 6) is 0.769. The summed E-state index contributed by atoms with van der Waals surface area (Å²) in [4.78, 5) is 8.21. The minimum Gasteiger partial charge on any atom is -0.444 e. The van der Waals surface area contributed by atoms with Crippen molar-refractivity contribution >= 4 is 5.96 Å². The van der Waals surface area contributed by atoms with Gasteiger partial charge in [-0.3, -0.25) is 4.99 Å². The van der Waals surface area contributed by atoms with Crippen LogP contribution >= 0.6 is 0 Å². The Kier molecular flexibility index (Phi) is 5.83. The zero-order valence-corrected chi connectivity index (χ0v) is 13.4. The molecular formula is C16H19F3N4O. The summed E-state index contributed by atoms with van der Waals surface area (Å²) in [5, 5.41) is 5.50. The molecule has 1 aromatic heterocycles. The summed E-state index contributed by atoms with van der Waals surface area (Å²) in [7, 11) is 1.49. The minimum absolute atomic E-state index is 0.239. The number of benzene rings is 1. The second-order valence-corrected chi connectivity index (χ2v) is 5.23. The highest BCUT2D eigenvalue weighted by atomic mass is 19.4. The lowest BCUT2D eigenvalue weighted by molar-refractivity contribution is -0.132. The molecule has 2 aromatic rings. The first kappa shape index (κ1) is 17.8. The van der Waals surface area contributed by atoms with E-state index >= 15 is 0 Å². The van der Waals surface area contributed by atoms with E-state index in [1.165, 1.54) is 13.3 Å². The number of rotatable bonds is 5. The predicted molar refractivity (Wildman–Crippen MR) is 85.5 cm³/mol. The molecule has 24 heavy (non-hydrogen) atoms. The van der Waals surface area contributed by atoms with Crippen molar-refractivity contribution in [2.75, 3.05) is 13.6 Å². The Morgan fingerprint density at radius 2 is 1.92 bits per heavy atom. The van der Waals surface area contributed by atoms with Crippen LogP contribution in [0.2, 0.25) is 0 Å². The highest BCUT2D eigenvalue weighted by molar-refractivity contribution is 5.79. The number of nitrogens with zero attached hydrogens (tertiary/aromatic N) is 2. The maximum Gasteiger partial charge on any atom is 0.390 e. The minimum atomic E-state index is -4.19. The third-order valence-corrected chi connectivity index (χ3v) is 3.21. The second kappa shape index (κ2) is 7.85. The van der Waals surface area contributed by atoms with Crippen molar-refractivity contribution in [1.82, 2.24) is 15.6 Å². The molecule has 0 saturated carbocycles. The number of aromatic nitrogens is 1. The molecule has 0 atom stereocenters. The van der Waals surface area contributed by atoms with Crippen molar-refractivity contribution in [3.05, 3.63) is 41.8 Å². The van der Waals surface area contributed by atoms with Gasteiger partial charge in [-0.05, 0) is 19.1 Å². The Hall–Kier alpha value is -2.51. The summed E-state index contributed by atoms with van der Waals surface area (Å²) in [5.41, 5.74) is 2.63. The lowest BCUT2D eigenvalue weighted by atomic mass is 10.1. The number of nitrogens with one attached hydrogen (secondary N) is 2. The van der Waals surface area contributed by atoms with Gasteiger partial charge < -0.3 is 15.1 Å². The smallest absolute Gasteiger partial charge is 0.390 e. The number of alkyl halides is 3. The number of hydrogen-bond acceptors (Lipinski definition) is 3. The SMILES string of the molecule is CN=C(NCCC(F)(F)F)NCc1coc(-c2ccc(C)cc2)n1. The largest absolute Gasteiger partial charge is 0.444 e. The molecule has 2 rings (SSSR count). The van der Waals surface area contributed by atoms with E-state index in [4.69, 9.17) is 4.42 Å². The molecule has 0 unspecified atom stereocenters. The van der Waals surface area contributed by atoms with E-state index in [0.29, 0.717) is 18.1 Å². The van der Waals surface area contributed by atoms with Crippen LogP contribution in [-0.2, 0) is 6.54 Å². The third-order valence-electron chi connectivity index (χ3n) is 3.21. The van der Waals surface area contributed by atoms with Gasteiger partial charge in [0.25, 0.3) is 0 Å². The number of halogens is 3. The summed E-state index contributed by atoms with van der Waals surface area (Å²) >= 11 is 0. The molecule has 0 saturated heterocycles. The van der Waals surface area contributed by atoms with E-state index in [2.05, 4.69) is 20.6 Å². The second-order valence-electron chi connectivity index (χ2n) is 5.23. The van der Waals surface area contributed by atoms with Crippen LogP contribution in [0.1, 0.15) is 17.7 Å². The van der Waals surface area contributed by atoms with Crippen molar-refractivity contribution in [3.8, 4) is 11.5 Å². The summed E-state index contributed by atoms with van der Waals surface area (Å²) < 4.78 is 41.8. The number of aliphatic imine (C=N–C) groups is 1. The fraction of sp³-hybridized carbons (Fsp3) is 0.375. The van der Waals surface area contributed by atoms with E-state index in [-0.39, 0.29) is 12.5 Å². The van der Waals surface area contributed by atoms with E-state index in [1.807, 2.05) is 31.2 Å². The first-order chi connectivity index (χ1) is 11.4. The van der Waals surface area contributed by atoms with Gasteiger partial charge in [-0.15, -0.1) is 0 Å². The van der Waals surface area contributed by atoms with Gasteiger partial charge in [0.15, 0.2) is 5.96 Å². The van der Waals surface area contributed by atoms with E-state index in [0.717, 1.165) is 11.1 Å². The number of aryl methyl sites for hydroxylation is 1. The third kappa shape index (κ3) is 5.60. The standard InChI is InChI=1S/C16H19F3N4O/c1-11-3-5-12(6-4-11)14-23-13(10-24-14)9-22-15(20-2)21-8-7-16(17,18)19/h3-6,10H,7-9H2,1-2H3,(H2,20,21,22). The first-order valence-electron chi connectivity index (χ1n) is 7.40. The van der Waals surface area contributed by atoms with Crippen LogP contribution in [0.5, 0.6) is 0 Å². The van der Waals surface area contributed by atoms with E-state index in [1.54, 1.807) is 0 Å². The fourth-order valence-corrected chi connectivity index (χ4v) is 1.93. The van der Waals surface area contributed by atoms with Gasteiger partial charge in [0.1, 0.15) is 6.26 Å². The van der Waals surface area contributed by atoms with Gasteiger partial charge >= 0.3 is 6.18 Å². The van der Waals surface area contributed by atoms with Crippen molar-refractivity contribution < 1.29 is 17.6 Å². The Balaban J connectivity index is 1.86. The monoisotopic (exact) mass is 340 g/mol. The van der Waals surface area contributed by atoms with Crippen LogP contribution in [0.3, 0.4) is 0 Å². The average molecular weight is 340 g/mol. The van der Waals surface area contributed by atoms with Crippen LogP contribution in [0, 0.1) is 6.92 Å². The first-order valence-corrected chi connectivity index (χ1v) is 7.40. The highest BCUT2D eigenvalue weighted by Gasteiger charge is 2.26. The zero-order valence-electron chi connectivity index (χ0n) is 13.4. The van der Waals surface area contributed by atoms with Crippen LogP contribution in [0.4, 0.5) is 13.2 Å². The molecule has 5 nitrogen and oxygen atoms in total. The molecule has 0 radical (unpaired) electrons. The van der Waals surface area contributed by atoms with Crippen molar-refractivity contribution in [1.29, 1.82) is 0 Å². The molecule has 2 N–H and O–H groups in total. The quantitative estimate of drug-likeness (QED) is 0.648. The molecule has 0 spiro atoms. The number of hydrogen-bond donors (Lipinski definition) is 2. The van der Waals surface area contributed by atoms with Crippen LogP contribution in [0.15, 0.2) is 39.9 Å².